The standard InChI is InChI=1S/C15H20N4O3/c1-8(20)15(21-13-6-9(16)2-4-11(13)18)22-14-7-10(17)3-5-12(14)19/h2-8,15,20H,16-19H2,1H3. The molecule has 0 saturated heterocycles. The van der Waals surface area contributed by atoms with E-state index in [1.54, 1.807) is 36.4 Å². The topological polar surface area (TPSA) is 143 Å². The van der Waals surface area contributed by atoms with Crippen molar-refractivity contribution >= 4 is 22.7 Å². The molecule has 2 aromatic rings. The second kappa shape index (κ2) is 6.31. The van der Waals surface area contributed by atoms with E-state index in [1.165, 1.54) is 6.92 Å². The molecule has 7 nitrogen and oxygen atoms in total. The minimum absolute atomic E-state index is 0.313. The summed E-state index contributed by atoms with van der Waals surface area (Å²) in [5.41, 5.74) is 24.8. The molecule has 0 radical (unpaired) electrons. The molecule has 0 amide bonds. The van der Waals surface area contributed by atoms with Gasteiger partial charge in [0.25, 0.3) is 6.29 Å². The van der Waals surface area contributed by atoms with Crippen LogP contribution in [-0.4, -0.2) is 17.5 Å². The highest BCUT2D eigenvalue weighted by Gasteiger charge is 2.21. The Balaban J connectivity index is 2.23. The van der Waals surface area contributed by atoms with Crippen molar-refractivity contribution in [1.82, 2.24) is 0 Å². The van der Waals surface area contributed by atoms with Gasteiger partial charge in [-0.15, -0.1) is 0 Å². The van der Waals surface area contributed by atoms with E-state index in [1.807, 2.05) is 0 Å². The Morgan fingerprint density at radius 1 is 0.818 bits per heavy atom. The van der Waals surface area contributed by atoms with Crippen molar-refractivity contribution in [2.24, 2.45) is 0 Å². The molecule has 9 N–H and O–H groups in total. The largest absolute Gasteiger partial charge is 0.450 e. The zero-order chi connectivity index (χ0) is 16.3. The summed E-state index contributed by atoms with van der Waals surface area (Å²) in [6.45, 7) is 1.52. The summed E-state index contributed by atoms with van der Waals surface area (Å²) in [7, 11) is 0. The van der Waals surface area contributed by atoms with Gasteiger partial charge >= 0.3 is 0 Å². The molecule has 0 aromatic heterocycles. The summed E-state index contributed by atoms with van der Waals surface area (Å²) in [5, 5.41) is 9.86. The van der Waals surface area contributed by atoms with Gasteiger partial charge in [-0.3, -0.25) is 0 Å². The number of benzene rings is 2. The lowest BCUT2D eigenvalue weighted by Gasteiger charge is -2.24. The van der Waals surface area contributed by atoms with E-state index in [4.69, 9.17) is 32.4 Å². The number of nitrogens with two attached hydrogens (primary N) is 4. The van der Waals surface area contributed by atoms with Crippen LogP contribution in [0, 0.1) is 0 Å². The molecule has 7 heteroatoms. The maximum absolute atomic E-state index is 9.86. The zero-order valence-corrected chi connectivity index (χ0v) is 12.2. The molecule has 0 heterocycles. The summed E-state index contributed by atoms with van der Waals surface area (Å²) < 4.78 is 11.2. The van der Waals surface area contributed by atoms with Crippen molar-refractivity contribution in [2.45, 2.75) is 19.3 Å². The lowest BCUT2D eigenvalue weighted by atomic mass is 10.2. The maximum atomic E-state index is 9.86. The second-order valence-electron chi connectivity index (χ2n) is 4.94. The molecule has 1 unspecified atom stereocenters. The molecule has 2 aromatic carbocycles. The van der Waals surface area contributed by atoms with Crippen molar-refractivity contribution in [3.05, 3.63) is 36.4 Å². The summed E-state index contributed by atoms with van der Waals surface area (Å²) in [4.78, 5) is 0. The number of hydrogen-bond donors (Lipinski definition) is 5. The van der Waals surface area contributed by atoms with Crippen LogP contribution in [-0.2, 0) is 0 Å². The molecular weight excluding hydrogens is 284 g/mol. The van der Waals surface area contributed by atoms with E-state index in [0.29, 0.717) is 34.2 Å². The third kappa shape index (κ3) is 3.64. The summed E-state index contributed by atoms with van der Waals surface area (Å²) in [6, 6.07) is 9.62. The Morgan fingerprint density at radius 2 is 1.23 bits per heavy atom. The molecule has 0 fully saturated rings. The van der Waals surface area contributed by atoms with Crippen molar-refractivity contribution < 1.29 is 14.6 Å². The Hall–Kier alpha value is -2.80. The molecule has 2 rings (SSSR count). The van der Waals surface area contributed by atoms with E-state index in [2.05, 4.69) is 0 Å². The summed E-state index contributed by atoms with van der Waals surface area (Å²) in [5.74, 6) is 0.627. The molecule has 118 valence electrons. The number of anilines is 4. The van der Waals surface area contributed by atoms with Crippen LogP contribution < -0.4 is 32.4 Å². The van der Waals surface area contributed by atoms with Gasteiger partial charge in [-0.2, -0.15) is 0 Å². The first-order valence-corrected chi connectivity index (χ1v) is 6.68. The SMILES string of the molecule is CC(O)C(Oc1cc(N)ccc1N)Oc1cc(N)ccc1N. The third-order valence-electron chi connectivity index (χ3n) is 2.96. The van der Waals surface area contributed by atoms with E-state index in [-0.39, 0.29) is 0 Å². The Kier molecular flexibility index (Phi) is 4.47. The van der Waals surface area contributed by atoms with E-state index in [9.17, 15) is 5.11 Å². The van der Waals surface area contributed by atoms with Crippen molar-refractivity contribution in [1.29, 1.82) is 0 Å². The number of hydrogen-bond acceptors (Lipinski definition) is 7. The molecule has 22 heavy (non-hydrogen) atoms. The van der Waals surface area contributed by atoms with Gasteiger partial charge in [-0.1, -0.05) is 0 Å². The van der Waals surface area contributed by atoms with Crippen molar-refractivity contribution in [3.63, 3.8) is 0 Å². The first kappa shape index (κ1) is 15.6. The highest BCUT2D eigenvalue weighted by atomic mass is 16.7. The number of rotatable bonds is 5. The average molecular weight is 304 g/mol. The van der Waals surface area contributed by atoms with Crippen LogP contribution in [0.15, 0.2) is 36.4 Å². The van der Waals surface area contributed by atoms with Gasteiger partial charge in [0.1, 0.15) is 17.6 Å². The average Bonchev–Trinajstić information content (AvgIpc) is 2.45. The minimum atomic E-state index is -1.02. The molecule has 0 aliphatic rings. The van der Waals surface area contributed by atoms with Gasteiger partial charge in [0.15, 0.2) is 0 Å². The Labute approximate surface area is 128 Å². The number of nitrogen functional groups attached to an aromatic ring is 4. The van der Waals surface area contributed by atoms with Crippen LogP contribution in [0.4, 0.5) is 22.7 Å². The highest BCUT2D eigenvalue weighted by molar-refractivity contribution is 5.61. The monoisotopic (exact) mass is 304 g/mol. The first-order chi connectivity index (χ1) is 10.4. The second-order valence-corrected chi connectivity index (χ2v) is 4.94. The third-order valence-corrected chi connectivity index (χ3v) is 2.96. The zero-order valence-electron chi connectivity index (χ0n) is 12.2. The van der Waals surface area contributed by atoms with Crippen molar-refractivity contribution in [2.75, 3.05) is 22.9 Å². The first-order valence-electron chi connectivity index (χ1n) is 6.68. The lowest BCUT2D eigenvalue weighted by molar-refractivity contribution is -0.0769. The minimum Gasteiger partial charge on any atom is -0.450 e. The maximum Gasteiger partial charge on any atom is 0.266 e. The summed E-state index contributed by atoms with van der Waals surface area (Å²) in [6.07, 6.45) is -1.96. The highest BCUT2D eigenvalue weighted by Crippen LogP contribution is 2.29. The Bertz CT molecular complexity index is 608. The summed E-state index contributed by atoms with van der Waals surface area (Å²) >= 11 is 0. The predicted molar refractivity (Wildman–Crippen MR) is 87.3 cm³/mol. The van der Waals surface area contributed by atoms with Gasteiger partial charge in [-0.05, 0) is 31.2 Å². The van der Waals surface area contributed by atoms with Gasteiger partial charge in [0.05, 0.1) is 11.4 Å². The Morgan fingerprint density at radius 3 is 1.59 bits per heavy atom. The molecule has 1 atom stereocenters. The van der Waals surface area contributed by atoms with Gasteiger partial charge in [-0.25, -0.2) is 0 Å². The smallest absolute Gasteiger partial charge is 0.266 e. The van der Waals surface area contributed by atoms with Gasteiger partial charge < -0.3 is 37.5 Å². The fraction of sp³-hybridized carbons (Fsp3) is 0.200. The molecule has 0 aliphatic heterocycles. The van der Waals surface area contributed by atoms with Crippen LogP contribution in [0.2, 0.25) is 0 Å². The fourth-order valence-electron chi connectivity index (χ4n) is 1.78. The van der Waals surface area contributed by atoms with Crippen LogP contribution in [0.1, 0.15) is 6.92 Å². The van der Waals surface area contributed by atoms with E-state index in [0.717, 1.165) is 0 Å². The number of aliphatic hydroxyl groups excluding tert-OH is 1. The molecule has 0 saturated carbocycles. The lowest BCUT2D eigenvalue weighted by Crippen LogP contribution is -2.35. The van der Waals surface area contributed by atoms with Crippen LogP contribution in [0.5, 0.6) is 11.5 Å². The fourth-order valence-corrected chi connectivity index (χ4v) is 1.78. The molecule has 0 aliphatic carbocycles. The predicted octanol–water partition coefficient (Wildman–Crippen LogP) is 1.18. The van der Waals surface area contributed by atoms with Crippen LogP contribution >= 0.6 is 0 Å². The van der Waals surface area contributed by atoms with E-state index < -0.39 is 12.4 Å². The van der Waals surface area contributed by atoms with Gasteiger partial charge in [0.2, 0.25) is 0 Å². The quantitative estimate of drug-likeness (QED) is 0.412. The van der Waals surface area contributed by atoms with Crippen LogP contribution in [0.3, 0.4) is 0 Å². The number of aliphatic hydroxyl groups is 1. The van der Waals surface area contributed by atoms with E-state index >= 15 is 0 Å². The van der Waals surface area contributed by atoms with Gasteiger partial charge in [0, 0.05) is 23.5 Å². The van der Waals surface area contributed by atoms with Crippen LogP contribution in [0.25, 0.3) is 0 Å². The van der Waals surface area contributed by atoms with Crippen molar-refractivity contribution in [3.8, 4) is 11.5 Å². The molecular formula is C15H20N4O3. The molecule has 0 spiro atoms. The molecule has 0 bridgehead atoms. The number of ether oxygens (including phenoxy) is 2. The normalized spacial score (nSPS) is 12.1.